The number of methoxy groups -OCH3 is 1. The molecule has 0 bridgehead atoms. The van der Waals surface area contributed by atoms with Gasteiger partial charge < -0.3 is 20.2 Å². The van der Waals surface area contributed by atoms with Crippen molar-refractivity contribution in [1.29, 1.82) is 0 Å². The topological polar surface area (TPSA) is 110 Å². The molecule has 0 unspecified atom stereocenters. The van der Waals surface area contributed by atoms with Crippen molar-refractivity contribution >= 4 is 17.4 Å². The van der Waals surface area contributed by atoms with Gasteiger partial charge in [0.15, 0.2) is 5.69 Å². The molecule has 2 N–H and O–H groups in total. The molecule has 0 aliphatic carbocycles. The van der Waals surface area contributed by atoms with Crippen LogP contribution in [0.2, 0.25) is 0 Å². The molecule has 0 aliphatic rings. The summed E-state index contributed by atoms with van der Waals surface area (Å²) in [5.74, 6) is -0.292. The average molecular weight is 262 g/mol. The van der Waals surface area contributed by atoms with Crippen LogP contribution < -0.4 is 10.1 Å². The zero-order chi connectivity index (χ0) is 13.8. The van der Waals surface area contributed by atoms with Gasteiger partial charge in [0, 0.05) is 11.8 Å². The second-order valence-electron chi connectivity index (χ2n) is 3.58. The van der Waals surface area contributed by atoms with Gasteiger partial charge in [-0.1, -0.05) is 11.2 Å². The zero-order valence-corrected chi connectivity index (χ0v) is 9.91. The third kappa shape index (κ3) is 2.86. The molecule has 2 aromatic rings. The van der Waals surface area contributed by atoms with E-state index in [1.807, 2.05) is 0 Å². The highest BCUT2D eigenvalue weighted by atomic mass is 16.6. The number of carbonyl (C=O) groups is 1. The van der Waals surface area contributed by atoms with Crippen molar-refractivity contribution in [2.75, 3.05) is 12.4 Å². The summed E-state index contributed by atoms with van der Waals surface area (Å²) in [6, 6.07) is 7.80. The summed E-state index contributed by atoms with van der Waals surface area (Å²) < 4.78 is 5.02. The Morgan fingerprint density at radius 3 is 2.89 bits per heavy atom. The Bertz CT molecular complexity index is 623. The number of nitro groups is 1. The Labute approximate surface area is 107 Å². The molecule has 1 heterocycles. The third-order valence-corrected chi connectivity index (χ3v) is 2.32. The van der Waals surface area contributed by atoms with Gasteiger partial charge in [0.05, 0.1) is 13.2 Å². The predicted molar refractivity (Wildman–Crippen MR) is 66.2 cm³/mol. The maximum absolute atomic E-state index is 11.8. The molecule has 1 amide bonds. The van der Waals surface area contributed by atoms with Crippen LogP contribution in [0, 0.1) is 10.1 Å². The molecule has 0 radical (unpaired) electrons. The van der Waals surface area contributed by atoms with Crippen LogP contribution in [-0.4, -0.2) is 28.1 Å². The van der Waals surface area contributed by atoms with Crippen molar-refractivity contribution in [3.63, 3.8) is 0 Å². The van der Waals surface area contributed by atoms with E-state index in [-0.39, 0.29) is 11.5 Å². The fourth-order valence-electron chi connectivity index (χ4n) is 1.42. The van der Waals surface area contributed by atoms with Crippen LogP contribution in [0.5, 0.6) is 5.75 Å². The Morgan fingerprint density at radius 1 is 1.47 bits per heavy atom. The Morgan fingerprint density at radius 2 is 2.26 bits per heavy atom. The van der Waals surface area contributed by atoms with Gasteiger partial charge in [-0.05, 0) is 17.1 Å². The molecule has 2 rings (SSSR count). The van der Waals surface area contributed by atoms with Crippen LogP contribution in [0.15, 0.2) is 30.3 Å². The van der Waals surface area contributed by atoms with Crippen LogP contribution in [0.25, 0.3) is 0 Å². The maximum atomic E-state index is 11.8. The van der Waals surface area contributed by atoms with Crippen molar-refractivity contribution in [3.8, 4) is 5.75 Å². The number of rotatable bonds is 4. The highest BCUT2D eigenvalue weighted by Gasteiger charge is 2.16. The van der Waals surface area contributed by atoms with Gasteiger partial charge in [-0.2, -0.15) is 0 Å². The molecular weight excluding hydrogens is 252 g/mol. The third-order valence-electron chi connectivity index (χ3n) is 2.32. The first-order valence-corrected chi connectivity index (χ1v) is 5.25. The molecule has 0 saturated heterocycles. The quantitative estimate of drug-likeness (QED) is 0.642. The molecule has 0 fully saturated rings. The minimum Gasteiger partial charge on any atom is -0.497 e. The normalized spacial score (nSPS) is 9.95. The Balaban J connectivity index is 2.13. The molecule has 0 saturated carbocycles. The fourth-order valence-corrected chi connectivity index (χ4v) is 1.42. The van der Waals surface area contributed by atoms with Crippen LogP contribution in [0.4, 0.5) is 11.5 Å². The number of amides is 1. The van der Waals surface area contributed by atoms with Gasteiger partial charge >= 0.3 is 5.82 Å². The summed E-state index contributed by atoms with van der Waals surface area (Å²) in [5, 5.41) is 18.8. The van der Waals surface area contributed by atoms with Crippen molar-refractivity contribution in [2.45, 2.75) is 0 Å². The largest absolute Gasteiger partial charge is 0.497 e. The van der Waals surface area contributed by atoms with E-state index in [4.69, 9.17) is 4.74 Å². The molecule has 0 aliphatic heterocycles. The number of benzene rings is 1. The molecule has 8 heteroatoms. The van der Waals surface area contributed by atoms with E-state index in [1.54, 1.807) is 24.3 Å². The van der Waals surface area contributed by atoms with Crippen molar-refractivity contribution < 1.29 is 14.5 Å². The smallest absolute Gasteiger partial charge is 0.343 e. The predicted octanol–water partition coefficient (Wildman–Crippen LogP) is 1.58. The molecule has 19 heavy (non-hydrogen) atoms. The molecule has 1 aromatic carbocycles. The number of H-pyrrole nitrogens is 1. The molecule has 1 aromatic heterocycles. The summed E-state index contributed by atoms with van der Waals surface area (Å²) >= 11 is 0. The van der Waals surface area contributed by atoms with Gasteiger partial charge in [-0.15, -0.1) is 5.10 Å². The van der Waals surface area contributed by atoms with Gasteiger partial charge in [0.25, 0.3) is 5.91 Å². The molecule has 8 nitrogen and oxygen atoms in total. The summed E-state index contributed by atoms with van der Waals surface area (Å²) in [6.45, 7) is 0. The van der Waals surface area contributed by atoms with Crippen LogP contribution >= 0.6 is 0 Å². The van der Waals surface area contributed by atoms with Gasteiger partial charge in [-0.25, -0.2) is 0 Å². The lowest BCUT2D eigenvalue weighted by atomic mass is 10.3. The second kappa shape index (κ2) is 5.17. The maximum Gasteiger partial charge on any atom is 0.343 e. The lowest BCUT2D eigenvalue weighted by Gasteiger charge is -2.04. The number of anilines is 1. The van der Waals surface area contributed by atoms with Crippen molar-refractivity contribution in [3.05, 3.63) is 46.1 Å². The molecular formula is C11H10N4O4. The fraction of sp³-hybridized carbons (Fsp3) is 0.0909. The van der Waals surface area contributed by atoms with Crippen LogP contribution in [0.3, 0.4) is 0 Å². The van der Waals surface area contributed by atoms with Crippen molar-refractivity contribution in [2.24, 2.45) is 0 Å². The number of hydrogen-bond acceptors (Lipinski definition) is 5. The van der Waals surface area contributed by atoms with E-state index in [1.165, 1.54) is 7.11 Å². The summed E-state index contributed by atoms with van der Waals surface area (Å²) in [4.78, 5) is 21.6. The van der Waals surface area contributed by atoms with Crippen LogP contribution in [-0.2, 0) is 0 Å². The van der Waals surface area contributed by atoms with E-state index >= 15 is 0 Å². The minimum absolute atomic E-state index is 0.0606. The van der Waals surface area contributed by atoms with E-state index in [2.05, 4.69) is 15.5 Å². The molecule has 0 spiro atoms. The standard InChI is InChI=1S/C11H10N4O4/c1-19-8-4-2-3-7(5-8)12-11(16)9-6-10(14-13-9)15(17)18/h2-6H,1H3,(H,12,16)(H,13,14). The Hall–Kier alpha value is -2.90. The second-order valence-corrected chi connectivity index (χ2v) is 3.58. The number of nitrogens with zero attached hydrogens (tertiary/aromatic N) is 2. The number of aromatic nitrogens is 2. The lowest BCUT2D eigenvalue weighted by Crippen LogP contribution is -2.12. The monoisotopic (exact) mass is 262 g/mol. The number of nitrogens with one attached hydrogen (secondary N) is 2. The Kier molecular flexibility index (Phi) is 3.42. The van der Waals surface area contributed by atoms with Crippen molar-refractivity contribution in [1.82, 2.24) is 10.2 Å². The molecule has 0 atom stereocenters. The first-order chi connectivity index (χ1) is 9.10. The number of ether oxygens (including phenoxy) is 1. The first-order valence-electron chi connectivity index (χ1n) is 5.25. The average Bonchev–Trinajstić information content (AvgIpc) is 2.89. The zero-order valence-electron chi connectivity index (χ0n) is 9.91. The first kappa shape index (κ1) is 12.6. The van der Waals surface area contributed by atoms with Gasteiger partial charge in [0.2, 0.25) is 0 Å². The van der Waals surface area contributed by atoms with Crippen LogP contribution in [0.1, 0.15) is 10.5 Å². The number of aromatic amines is 1. The van der Waals surface area contributed by atoms with E-state index < -0.39 is 10.8 Å². The van der Waals surface area contributed by atoms with E-state index in [0.29, 0.717) is 11.4 Å². The lowest BCUT2D eigenvalue weighted by molar-refractivity contribution is -0.389. The number of carbonyl (C=O) groups excluding carboxylic acids is 1. The SMILES string of the molecule is COc1cccc(NC(=O)c2cc([N+](=O)[O-])[nH]n2)c1. The highest BCUT2D eigenvalue weighted by Crippen LogP contribution is 2.17. The van der Waals surface area contributed by atoms with E-state index in [9.17, 15) is 14.9 Å². The van der Waals surface area contributed by atoms with E-state index in [0.717, 1.165) is 6.07 Å². The summed E-state index contributed by atoms with van der Waals surface area (Å²) in [5.41, 5.74) is 0.449. The summed E-state index contributed by atoms with van der Waals surface area (Å²) in [6.07, 6.45) is 0. The molecule has 98 valence electrons. The van der Waals surface area contributed by atoms with Gasteiger partial charge in [-0.3, -0.25) is 4.79 Å². The minimum atomic E-state index is -0.657. The summed E-state index contributed by atoms with van der Waals surface area (Å²) in [7, 11) is 1.51. The highest BCUT2D eigenvalue weighted by molar-refractivity contribution is 6.03. The number of hydrogen-bond donors (Lipinski definition) is 2. The van der Waals surface area contributed by atoms with Gasteiger partial charge in [0.1, 0.15) is 5.75 Å².